The van der Waals surface area contributed by atoms with Crippen LogP contribution in [0.3, 0.4) is 0 Å². The fourth-order valence-electron chi connectivity index (χ4n) is 2.44. The zero-order valence-electron chi connectivity index (χ0n) is 14.4. The zero-order chi connectivity index (χ0) is 18.5. The third-order valence-corrected chi connectivity index (χ3v) is 4.60. The highest BCUT2D eigenvalue weighted by Crippen LogP contribution is 2.34. The molecule has 26 heavy (non-hydrogen) atoms. The standard InChI is InChI=1S/C16H18N6O3S/c1-10-5-3-6-11-12(10)20-16(26-11)21-15-13(22(23)24)14(18-9-19-15)17-7-4-8-25-2/h3,5-6,9H,4,7-8H2,1-2H3,(H2,17,18,19,20,21). The van der Waals surface area contributed by atoms with E-state index in [2.05, 4.69) is 25.6 Å². The predicted octanol–water partition coefficient (Wildman–Crippen LogP) is 3.49. The Morgan fingerprint density at radius 1 is 1.31 bits per heavy atom. The summed E-state index contributed by atoms with van der Waals surface area (Å²) in [5.41, 5.74) is 1.71. The van der Waals surface area contributed by atoms with Gasteiger partial charge in [0.1, 0.15) is 6.33 Å². The van der Waals surface area contributed by atoms with E-state index in [4.69, 9.17) is 4.74 Å². The van der Waals surface area contributed by atoms with Crippen molar-refractivity contribution in [3.63, 3.8) is 0 Å². The third-order valence-electron chi connectivity index (χ3n) is 3.67. The summed E-state index contributed by atoms with van der Waals surface area (Å²) in [5, 5.41) is 18.0. The van der Waals surface area contributed by atoms with Gasteiger partial charge in [-0.2, -0.15) is 0 Å². The molecule has 0 aliphatic carbocycles. The van der Waals surface area contributed by atoms with E-state index in [1.165, 1.54) is 17.7 Å². The number of aromatic nitrogens is 3. The molecule has 9 nitrogen and oxygen atoms in total. The van der Waals surface area contributed by atoms with Gasteiger partial charge in [-0.25, -0.2) is 15.0 Å². The first-order valence-electron chi connectivity index (χ1n) is 7.95. The van der Waals surface area contributed by atoms with Gasteiger partial charge in [-0.3, -0.25) is 10.1 Å². The molecule has 10 heteroatoms. The number of hydrogen-bond acceptors (Lipinski definition) is 9. The van der Waals surface area contributed by atoms with Crippen LogP contribution < -0.4 is 10.6 Å². The molecular weight excluding hydrogens is 356 g/mol. The molecule has 0 saturated heterocycles. The van der Waals surface area contributed by atoms with Crippen LogP contribution in [0.4, 0.5) is 22.5 Å². The Morgan fingerprint density at radius 2 is 2.12 bits per heavy atom. The van der Waals surface area contributed by atoms with Gasteiger partial charge < -0.3 is 15.4 Å². The SMILES string of the molecule is COCCCNc1ncnc(Nc2nc3c(C)cccc3s2)c1[N+](=O)[O-]. The smallest absolute Gasteiger partial charge is 0.353 e. The molecular formula is C16H18N6O3S. The number of nitrogens with one attached hydrogen (secondary N) is 2. The van der Waals surface area contributed by atoms with Gasteiger partial charge in [-0.15, -0.1) is 0 Å². The topological polar surface area (TPSA) is 115 Å². The van der Waals surface area contributed by atoms with Gasteiger partial charge >= 0.3 is 5.69 Å². The van der Waals surface area contributed by atoms with E-state index in [-0.39, 0.29) is 17.3 Å². The van der Waals surface area contributed by atoms with Crippen molar-refractivity contribution in [2.75, 3.05) is 30.9 Å². The Balaban J connectivity index is 1.88. The number of anilines is 3. The molecule has 1 aromatic carbocycles. The molecule has 2 aromatic heterocycles. The van der Waals surface area contributed by atoms with Crippen LogP contribution in [0, 0.1) is 17.0 Å². The fraction of sp³-hybridized carbons (Fsp3) is 0.312. The molecule has 2 N–H and O–H groups in total. The number of hydrogen-bond donors (Lipinski definition) is 2. The zero-order valence-corrected chi connectivity index (χ0v) is 15.2. The molecule has 2 heterocycles. The molecule has 0 radical (unpaired) electrons. The highest BCUT2D eigenvalue weighted by Gasteiger charge is 2.23. The van der Waals surface area contributed by atoms with Gasteiger partial charge in [-0.05, 0) is 25.0 Å². The van der Waals surface area contributed by atoms with E-state index in [0.717, 1.165) is 15.8 Å². The van der Waals surface area contributed by atoms with Crippen LogP contribution in [-0.2, 0) is 4.74 Å². The minimum absolute atomic E-state index is 0.107. The van der Waals surface area contributed by atoms with Gasteiger partial charge in [-0.1, -0.05) is 23.5 Å². The second kappa shape index (κ2) is 8.02. The van der Waals surface area contributed by atoms with E-state index in [9.17, 15) is 10.1 Å². The van der Waals surface area contributed by atoms with Crippen LogP contribution in [-0.4, -0.2) is 40.1 Å². The van der Waals surface area contributed by atoms with Crippen molar-refractivity contribution in [1.29, 1.82) is 0 Å². The van der Waals surface area contributed by atoms with Gasteiger partial charge in [0.2, 0.25) is 11.6 Å². The number of thiazole rings is 1. The highest BCUT2D eigenvalue weighted by atomic mass is 32.1. The first kappa shape index (κ1) is 18.0. The summed E-state index contributed by atoms with van der Waals surface area (Å²) < 4.78 is 5.97. The summed E-state index contributed by atoms with van der Waals surface area (Å²) >= 11 is 1.41. The molecule has 0 amide bonds. The minimum atomic E-state index is -0.500. The van der Waals surface area contributed by atoms with Crippen molar-refractivity contribution < 1.29 is 9.66 Å². The second-order valence-electron chi connectivity index (χ2n) is 5.52. The van der Waals surface area contributed by atoms with E-state index >= 15 is 0 Å². The highest BCUT2D eigenvalue weighted by molar-refractivity contribution is 7.22. The molecule has 0 aliphatic heterocycles. The number of nitro groups is 1. The van der Waals surface area contributed by atoms with E-state index < -0.39 is 4.92 Å². The number of methoxy groups -OCH3 is 1. The van der Waals surface area contributed by atoms with E-state index in [1.54, 1.807) is 7.11 Å². The van der Waals surface area contributed by atoms with Gasteiger partial charge in [0.15, 0.2) is 5.13 Å². The van der Waals surface area contributed by atoms with Gasteiger partial charge in [0, 0.05) is 20.3 Å². The van der Waals surface area contributed by atoms with Gasteiger partial charge in [0.05, 0.1) is 15.1 Å². The molecule has 3 aromatic rings. The lowest BCUT2D eigenvalue weighted by Gasteiger charge is -2.08. The number of aryl methyl sites for hydroxylation is 1. The van der Waals surface area contributed by atoms with Crippen molar-refractivity contribution in [1.82, 2.24) is 15.0 Å². The van der Waals surface area contributed by atoms with Crippen LogP contribution in [0.2, 0.25) is 0 Å². The molecule has 0 fully saturated rings. The van der Waals surface area contributed by atoms with Crippen LogP contribution in [0.5, 0.6) is 0 Å². The number of benzene rings is 1. The van der Waals surface area contributed by atoms with E-state index in [1.807, 2.05) is 25.1 Å². The van der Waals surface area contributed by atoms with Crippen molar-refractivity contribution in [3.05, 3.63) is 40.2 Å². The fourth-order valence-corrected chi connectivity index (χ4v) is 3.38. The number of para-hydroxylation sites is 1. The Bertz CT molecular complexity index is 929. The molecule has 3 rings (SSSR count). The van der Waals surface area contributed by atoms with Crippen molar-refractivity contribution in [3.8, 4) is 0 Å². The average molecular weight is 374 g/mol. The Labute approximate surface area is 153 Å². The summed E-state index contributed by atoms with van der Waals surface area (Å²) in [6.07, 6.45) is 1.99. The summed E-state index contributed by atoms with van der Waals surface area (Å²) in [6, 6.07) is 5.89. The molecule has 0 atom stereocenters. The Morgan fingerprint density at radius 3 is 2.85 bits per heavy atom. The quantitative estimate of drug-likeness (QED) is 0.350. The van der Waals surface area contributed by atoms with E-state index in [0.29, 0.717) is 24.7 Å². The monoisotopic (exact) mass is 374 g/mol. The van der Waals surface area contributed by atoms with Crippen molar-refractivity contribution >= 4 is 44.0 Å². The van der Waals surface area contributed by atoms with Crippen LogP contribution in [0.1, 0.15) is 12.0 Å². The molecule has 0 aliphatic rings. The largest absolute Gasteiger partial charge is 0.385 e. The number of rotatable bonds is 8. The number of fused-ring (bicyclic) bond motifs is 1. The molecule has 0 bridgehead atoms. The van der Waals surface area contributed by atoms with Crippen LogP contribution >= 0.6 is 11.3 Å². The first-order chi connectivity index (χ1) is 12.6. The summed E-state index contributed by atoms with van der Waals surface area (Å²) in [6.45, 7) is 3.04. The minimum Gasteiger partial charge on any atom is -0.385 e. The number of ether oxygens (including phenoxy) is 1. The normalized spacial score (nSPS) is 10.8. The Kier molecular flexibility index (Phi) is 5.54. The first-order valence-corrected chi connectivity index (χ1v) is 8.77. The lowest BCUT2D eigenvalue weighted by atomic mass is 10.2. The molecule has 0 saturated carbocycles. The second-order valence-corrected chi connectivity index (χ2v) is 6.55. The number of nitrogens with zero attached hydrogens (tertiary/aromatic N) is 4. The summed E-state index contributed by atoms with van der Waals surface area (Å²) in [4.78, 5) is 23.6. The lowest BCUT2D eigenvalue weighted by Crippen LogP contribution is -2.10. The average Bonchev–Trinajstić information content (AvgIpc) is 3.02. The molecule has 136 valence electrons. The maximum absolute atomic E-state index is 11.6. The van der Waals surface area contributed by atoms with Crippen molar-refractivity contribution in [2.24, 2.45) is 0 Å². The summed E-state index contributed by atoms with van der Waals surface area (Å²) in [5.74, 6) is 0.275. The van der Waals surface area contributed by atoms with Crippen LogP contribution in [0.25, 0.3) is 10.2 Å². The lowest BCUT2D eigenvalue weighted by molar-refractivity contribution is -0.383. The molecule has 0 unspecified atom stereocenters. The van der Waals surface area contributed by atoms with Crippen molar-refractivity contribution in [2.45, 2.75) is 13.3 Å². The maximum Gasteiger partial charge on any atom is 0.353 e. The van der Waals surface area contributed by atoms with Crippen LogP contribution in [0.15, 0.2) is 24.5 Å². The predicted molar refractivity (Wildman–Crippen MR) is 101 cm³/mol. The summed E-state index contributed by atoms with van der Waals surface area (Å²) in [7, 11) is 1.61. The molecule has 0 spiro atoms. The maximum atomic E-state index is 11.6. The third kappa shape index (κ3) is 3.86. The Hall–Kier alpha value is -2.85. The van der Waals surface area contributed by atoms with Gasteiger partial charge in [0.25, 0.3) is 0 Å².